The van der Waals surface area contributed by atoms with Crippen LogP contribution in [0.2, 0.25) is 0 Å². The number of methoxy groups -OCH3 is 1. The Morgan fingerprint density at radius 1 is 1.31 bits per heavy atom. The molecule has 0 radical (unpaired) electrons. The molecule has 0 aliphatic carbocycles. The maximum absolute atomic E-state index is 12.4. The molecule has 3 heterocycles. The van der Waals surface area contributed by atoms with E-state index >= 15 is 0 Å². The summed E-state index contributed by atoms with van der Waals surface area (Å²) >= 11 is 0. The molecule has 0 aromatic carbocycles. The van der Waals surface area contributed by atoms with Crippen LogP contribution < -0.4 is 0 Å². The maximum Gasteiger partial charge on any atom is 0.433 e. The second-order valence-electron chi connectivity index (χ2n) is 5.94. The molecule has 3 rings (SSSR count). The molecule has 2 aliphatic rings. The molecule has 0 bridgehead atoms. The summed E-state index contributed by atoms with van der Waals surface area (Å²) in [7, 11) is 1.24. The minimum atomic E-state index is -0.785. The number of amides is 2. The third-order valence-corrected chi connectivity index (χ3v) is 4.51. The van der Waals surface area contributed by atoms with Crippen LogP contribution in [-0.2, 0) is 14.3 Å². The van der Waals surface area contributed by atoms with E-state index in [1.165, 1.54) is 23.0 Å². The summed E-state index contributed by atoms with van der Waals surface area (Å²) in [6.07, 6.45) is 0.306. The summed E-state index contributed by atoms with van der Waals surface area (Å²) < 4.78 is 14.6. The molecule has 2 saturated heterocycles. The number of likely N-dealkylation sites (tertiary alicyclic amines) is 1. The molecule has 11 heteroatoms. The number of hydrogen-bond acceptors (Lipinski definition) is 8. The van der Waals surface area contributed by atoms with Gasteiger partial charge in [0, 0.05) is 19.1 Å². The monoisotopic (exact) mass is 367 g/mol. The first-order valence-electron chi connectivity index (χ1n) is 7.98. The van der Waals surface area contributed by atoms with Crippen LogP contribution >= 0.6 is 0 Å². The number of nitro groups is 1. The lowest BCUT2D eigenvalue weighted by Crippen LogP contribution is -2.51. The highest BCUT2D eigenvalue weighted by molar-refractivity contribution is 5.92. The van der Waals surface area contributed by atoms with Crippen LogP contribution in [0.25, 0.3) is 0 Å². The summed E-state index contributed by atoms with van der Waals surface area (Å²) in [5, 5.41) is 10.6. The molecule has 1 atom stereocenters. The maximum atomic E-state index is 12.4. The molecule has 0 saturated carbocycles. The van der Waals surface area contributed by atoms with Crippen LogP contribution in [0.3, 0.4) is 0 Å². The average Bonchev–Trinajstić information content (AvgIpc) is 3.28. The molecule has 2 aliphatic heterocycles. The molecule has 0 unspecified atom stereocenters. The normalized spacial score (nSPS) is 20.8. The van der Waals surface area contributed by atoms with Gasteiger partial charge < -0.3 is 18.8 Å². The van der Waals surface area contributed by atoms with Gasteiger partial charge >= 0.3 is 17.9 Å². The summed E-state index contributed by atoms with van der Waals surface area (Å²) in [4.78, 5) is 48.9. The van der Waals surface area contributed by atoms with Crippen molar-refractivity contribution in [1.29, 1.82) is 0 Å². The quantitative estimate of drug-likeness (QED) is 0.433. The van der Waals surface area contributed by atoms with Gasteiger partial charge in [0.25, 0.3) is 5.91 Å². The molecule has 0 spiro atoms. The van der Waals surface area contributed by atoms with Crippen molar-refractivity contribution in [2.75, 3.05) is 26.8 Å². The van der Waals surface area contributed by atoms with Crippen LogP contribution in [-0.4, -0.2) is 71.6 Å². The molecule has 26 heavy (non-hydrogen) atoms. The van der Waals surface area contributed by atoms with Crippen LogP contribution in [0.5, 0.6) is 0 Å². The first-order chi connectivity index (χ1) is 12.4. The topological polar surface area (TPSA) is 132 Å². The van der Waals surface area contributed by atoms with E-state index in [2.05, 4.69) is 0 Å². The van der Waals surface area contributed by atoms with E-state index in [9.17, 15) is 24.5 Å². The fourth-order valence-corrected chi connectivity index (χ4v) is 3.20. The van der Waals surface area contributed by atoms with E-state index in [1.807, 2.05) is 0 Å². The van der Waals surface area contributed by atoms with E-state index in [1.54, 1.807) is 0 Å². The highest BCUT2D eigenvalue weighted by atomic mass is 16.6. The lowest BCUT2D eigenvalue weighted by atomic mass is 10.0. The van der Waals surface area contributed by atoms with Crippen molar-refractivity contribution in [3.63, 3.8) is 0 Å². The van der Waals surface area contributed by atoms with Gasteiger partial charge in [0.05, 0.1) is 13.2 Å². The van der Waals surface area contributed by atoms with Crippen molar-refractivity contribution in [2.24, 2.45) is 0 Å². The van der Waals surface area contributed by atoms with Gasteiger partial charge in [-0.05, 0) is 18.9 Å². The van der Waals surface area contributed by atoms with Gasteiger partial charge in [0.15, 0.2) is 11.8 Å². The molecule has 0 N–H and O–H groups in total. The van der Waals surface area contributed by atoms with Crippen molar-refractivity contribution < 1.29 is 33.2 Å². The Kier molecular flexibility index (Phi) is 4.78. The Bertz CT molecular complexity index is 737. The standard InChI is InChI=1S/C15H17N3O8/c1-24-14(20)10-8-25-15(21)17(10)9-4-6-16(7-5-9)13(19)11-2-3-12(26-11)18(22)23/h2-3,9-10H,4-8H2,1H3/t10-/m1/s1. The van der Waals surface area contributed by atoms with Crippen LogP contribution in [0.1, 0.15) is 23.4 Å². The molecule has 1 aromatic heterocycles. The van der Waals surface area contributed by atoms with Gasteiger partial charge in [-0.1, -0.05) is 0 Å². The molecular weight excluding hydrogens is 350 g/mol. The smallest absolute Gasteiger partial charge is 0.433 e. The third-order valence-electron chi connectivity index (χ3n) is 4.51. The zero-order valence-electron chi connectivity index (χ0n) is 14.0. The van der Waals surface area contributed by atoms with E-state index in [4.69, 9.17) is 13.9 Å². The van der Waals surface area contributed by atoms with Crippen molar-refractivity contribution in [2.45, 2.75) is 24.9 Å². The fourth-order valence-electron chi connectivity index (χ4n) is 3.20. The Labute approximate surface area is 147 Å². The van der Waals surface area contributed by atoms with Gasteiger partial charge in [-0.15, -0.1) is 0 Å². The number of carbonyl (C=O) groups excluding carboxylic acids is 3. The van der Waals surface area contributed by atoms with Gasteiger partial charge in [0.1, 0.15) is 11.5 Å². The second kappa shape index (κ2) is 7.02. The number of piperidine rings is 1. The molecule has 1 aromatic rings. The lowest BCUT2D eigenvalue weighted by Gasteiger charge is -2.36. The molecular formula is C15H17N3O8. The number of carbonyl (C=O) groups is 3. The van der Waals surface area contributed by atoms with Crippen LogP contribution in [0, 0.1) is 10.1 Å². The summed E-state index contributed by atoms with van der Waals surface area (Å²) in [6.45, 7) is 0.575. The minimum Gasteiger partial charge on any atom is -0.467 e. The van der Waals surface area contributed by atoms with Gasteiger partial charge in [-0.3, -0.25) is 19.8 Å². The zero-order valence-corrected chi connectivity index (χ0v) is 14.0. The summed E-state index contributed by atoms with van der Waals surface area (Å²) in [5.74, 6) is -1.60. The third kappa shape index (κ3) is 3.19. The number of esters is 1. The van der Waals surface area contributed by atoms with Crippen molar-refractivity contribution in [1.82, 2.24) is 9.80 Å². The Morgan fingerprint density at radius 3 is 2.58 bits per heavy atom. The molecule has 2 fully saturated rings. The predicted octanol–water partition coefficient (Wildman–Crippen LogP) is 0.786. The lowest BCUT2D eigenvalue weighted by molar-refractivity contribution is -0.402. The number of ether oxygens (including phenoxy) is 2. The second-order valence-corrected chi connectivity index (χ2v) is 5.94. The Morgan fingerprint density at radius 2 is 2.00 bits per heavy atom. The predicted molar refractivity (Wildman–Crippen MR) is 83.3 cm³/mol. The fraction of sp³-hybridized carbons (Fsp3) is 0.533. The first kappa shape index (κ1) is 17.7. The zero-order chi connectivity index (χ0) is 18.8. The Hall–Kier alpha value is -3.11. The Balaban J connectivity index is 1.63. The van der Waals surface area contributed by atoms with E-state index in [-0.39, 0.29) is 18.4 Å². The minimum absolute atomic E-state index is 0.0548. The van der Waals surface area contributed by atoms with E-state index < -0.39 is 34.8 Å². The van der Waals surface area contributed by atoms with Gasteiger partial charge in [-0.2, -0.15) is 0 Å². The molecule has 11 nitrogen and oxygen atoms in total. The van der Waals surface area contributed by atoms with Gasteiger partial charge in [-0.25, -0.2) is 9.59 Å². The SMILES string of the molecule is COC(=O)[C@H]1COC(=O)N1C1CCN(C(=O)c2ccc([N+](=O)[O-])o2)CC1. The summed E-state index contributed by atoms with van der Waals surface area (Å²) in [6, 6.07) is 1.34. The van der Waals surface area contributed by atoms with Crippen molar-refractivity contribution in [3.8, 4) is 0 Å². The van der Waals surface area contributed by atoms with E-state index in [0.717, 1.165) is 6.07 Å². The largest absolute Gasteiger partial charge is 0.467 e. The number of cyclic esters (lactones) is 1. The molecule has 140 valence electrons. The number of hydrogen-bond donors (Lipinski definition) is 0. The van der Waals surface area contributed by atoms with Crippen molar-refractivity contribution in [3.05, 3.63) is 28.0 Å². The van der Waals surface area contributed by atoms with Gasteiger partial charge in [0.2, 0.25) is 0 Å². The summed E-state index contributed by atoms with van der Waals surface area (Å²) in [5.41, 5.74) is 0. The van der Waals surface area contributed by atoms with E-state index in [0.29, 0.717) is 25.9 Å². The average molecular weight is 367 g/mol. The highest BCUT2D eigenvalue weighted by Gasteiger charge is 2.44. The van der Waals surface area contributed by atoms with Crippen LogP contribution in [0.15, 0.2) is 16.5 Å². The first-order valence-corrected chi connectivity index (χ1v) is 7.98. The number of nitrogens with zero attached hydrogens (tertiary/aromatic N) is 3. The highest BCUT2D eigenvalue weighted by Crippen LogP contribution is 2.26. The number of rotatable bonds is 4. The van der Waals surface area contributed by atoms with Crippen LogP contribution in [0.4, 0.5) is 10.7 Å². The molecule has 2 amide bonds. The van der Waals surface area contributed by atoms with Crippen molar-refractivity contribution >= 4 is 23.9 Å². The number of furan rings is 1.